The molecule has 2 aromatic rings. The predicted octanol–water partition coefficient (Wildman–Crippen LogP) is 1.25. The molecule has 15 heavy (non-hydrogen) atoms. The molecule has 0 aromatic carbocycles. The van der Waals surface area contributed by atoms with Crippen molar-refractivity contribution < 1.29 is 4.79 Å². The van der Waals surface area contributed by atoms with Crippen LogP contribution in [0.1, 0.15) is 34.5 Å². The SMILES string of the molecule is CC(=O)c1c(C)nc2nc(C)nn2c1C. The number of aryl methyl sites for hydroxylation is 3. The topological polar surface area (TPSA) is 60.2 Å². The molecule has 0 N–H and O–H groups in total. The van der Waals surface area contributed by atoms with E-state index in [1.165, 1.54) is 6.92 Å². The maximum absolute atomic E-state index is 11.4. The first-order valence-electron chi connectivity index (χ1n) is 4.72. The van der Waals surface area contributed by atoms with Crippen molar-refractivity contribution in [3.8, 4) is 0 Å². The second-order valence-electron chi connectivity index (χ2n) is 3.58. The van der Waals surface area contributed by atoms with Crippen LogP contribution in [0.5, 0.6) is 0 Å². The van der Waals surface area contributed by atoms with E-state index >= 15 is 0 Å². The van der Waals surface area contributed by atoms with Gasteiger partial charge in [0.2, 0.25) is 0 Å². The number of ketones is 1. The van der Waals surface area contributed by atoms with Gasteiger partial charge in [0.15, 0.2) is 5.78 Å². The molecule has 0 saturated heterocycles. The molecular weight excluding hydrogens is 192 g/mol. The monoisotopic (exact) mass is 204 g/mol. The zero-order chi connectivity index (χ0) is 11.2. The maximum Gasteiger partial charge on any atom is 0.252 e. The Morgan fingerprint density at radius 3 is 2.47 bits per heavy atom. The molecule has 0 atom stereocenters. The second-order valence-corrected chi connectivity index (χ2v) is 3.58. The minimum atomic E-state index is 0.00699. The first-order valence-corrected chi connectivity index (χ1v) is 4.72. The molecule has 0 spiro atoms. The van der Waals surface area contributed by atoms with Crippen molar-refractivity contribution in [3.05, 3.63) is 22.8 Å². The van der Waals surface area contributed by atoms with Crippen molar-refractivity contribution in [1.82, 2.24) is 19.6 Å². The van der Waals surface area contributed by atoms with Gasteiger partial charge in [-0.2, -0.15) is 10.1 Å². The Morgan fingerprint density at radius 2 is 1.87 bits per heavy atom. The van der Waals surface area contributed by atoms with Gasteiger partial charge in [0.05, 0.1) is 17.0 Å². The molecular formula is C10H12N4O. The van der Waals surface area contributed by atoms with Gasteiger partial charge in [-0.1, -0.05) is 0 Å². The van der Waals surface area contributed by atoms with Crippen LogP contribution < -0.4 is 0 Å². The van der Waals surface area contributed by atoms with E-state index in [-0.39, 0.29) is 5.78 Å². The summed E-state index contributed by atoms with van der Waals surface area (Å²) < 4.78 is 1.61. The first kappa shape index (κ1) is 9.76. The third-order valence-corrected chi connectivity index (χ3v) is 2.36. The summed E-state index contributed by atoms with van der Waals surface area (Å²) in [7, 11) is 0. The van der Waals surface area contributed by atoms with Crippen molar-refractivity contribution in [2.24, 2.45) is 0 Å². The summed E-state index contributed by atoms with van der Waals surface area (Å²) in [6.45, 7) is 7.00. The van der Waals surface area contributed by atoms with E-state index in [1.807, 2.05) is 13.8 Å². The van der Waals surface area contributed by atoms with Gasteiger partial charge in [-0.3, -0.25) is 4.79 Å². The predicted molar refractivity (Wildman–Crippen MR) is 55.0 cm³/mol. The number of nitrogens with zero attached hydrogens (tertiary/aromatic N) is 4. The number of hydrogen-bond acceptors (Lipinski definition) is 4. The van der Waals surface area contributed by atoms with Crippen molar-refractivity contribution >= 4 is 11.6 Å². The Morgan fingerprint density at radius 1 is 1.20 bits per heavy atom. The molecule has 0 aliphatic heterocycles. The van der Waals surface area contributed by atoms with Crippen LogP contribution in [-0.4, -0.2) is 25.4 Å². The Kier molecular flexibility index (Phi) is 2.03. The molecule has 2 rings (SSSR count). The lowest BCUT2D eigenvalue weighted by atomic mass is 10.1. The van der Waals surface area contributed by atoms with Gasteiger partial charge in [-0.05, 0) is 27.7 Å². The van der Waals surface area contributed by atoms with Gasteiger partial charge < -0.3 is 0 Å². The summed E-state index contributed by atoms with van der Waals surface area (Å²) in [5.74, 6) is 1.21. The van der Waals surface area contributed by atoms with Gasteiger partial charge in [0.1, 0.15) is 5.82 Å². The molecule has 0 radical (unpaired) electrons. The van der Waals surface area contributed by atoms with Gasteiger partial charge >= 0.3 is 0 Å². The average Bonchev–Trinajstić information content (AvgIpc) is 2.45. The third-order valence-electron chi connectivity index (χ3n) is 2.36. The molecule has 78 valence electrons. The smallest absolute Gasteiger partial charge is 0.252 e. The van der Waals surface area contributed by atoms with E-state index in [0.29, 0.717) is 22.9 Å². The lowest BCUT2D eigenvalue weighted by Gasteiger charge is -2.06. The molecule has 2 heterocycles. The molecule has 0 fully saturated rings. The first-order chi connectivity index (χ1) is 7.00. The minimum absolute atomic E-state index is 0.00699. The Balaban J connectivity index is 2.89. The van der Waals surface area contributed by atoms with E-state index < -0.39 is 0 Å². The Labute approximate surface area is 87.2 Å². The highest BCUT2D eigenvalue weighted by atomic mass is 16.1. The van der Waals surface area contributed by atoms with Crippen molar-refractivity contribution in [1.29, 1.82) is 0 Å². The molecule has 2 aromatic heterocycles. The highest BCUT2D eigenvalue weighted by Crippen LogP contribution is 2.13. The Hall–Kier alpha value is -1.78. The third kappa shape index (κ3) is 1.40. The molecule has 5 heteroatoms. The zero-order valence-corrected chi connectivity index (χ0v) is 9.20. The molecule has 0 unspecified atom stereocenters. The number of fused-ring (bicyclic) bond motifs is 1. The fraction of sp³-hybridized carbons (Fsp3) is 0.400. The highest BCUT2D eigenvalue weighted by Gasteiger charge is 2.14. The van der Waals surface area contributed by atoms with Gasteiger partial charge in [-0.15, -0.1) is 0 Å². The van der Waals surface area contributed by atoms with Crippen molar-refractivity contribution in [3.63, 3.8) is 0 Å². The minimum Gasteiger partial charge on any atom is -0.294 e. The molecule has 0 amide bonds. The zero-order valence-electron chi connectivity index (χ0n) is 9.20. The van der Waals surface area contributed by atoms with E-state index in [0.717, 1.165) is 5.69 Å². The van der Waals surface area contributed by atoms with Crippen LogP contribution in [0.2, 0.25) is 0 Å². The van der Waals surface area contributed by atoms with Crippen LogP contribution in [0.15, 0.2) is 0 Å². The van der Waals surface area contributed by atoms with Gasteiger partial charge in [-0.25, -0.2) is 9.50 Å². The molecule has 0 bridgehead atoms. The Bertz CT molecular complexity index is 556. The van der Waals surface area contributed by atoms with Crippen LogP contribution in [0, 0.1) is 20.8 Å². The second kappa shape index (κ2) is 3.12. The summed E-state index contributed by atoms with van der Waals surface area (Å²) >= 11 is 0. The van der Waals surface area contributed by atoms with Crippen molar-refractivity contribution in [2.45, 2.75) is 27.7 Å². The standard InChI is InChI=1S/C10H12N4O/c1-5-9(7(3)15)6(2)14-10(11-5)12-8(4)13-14/h1-4H3. The molecule has 5 nitrogen and oxygen atoms in total. The van der Waals surface area contributed by atoms with E-state index in [1.54, 1.807) is 11.4 Å². The molecule has 0 saturated carbocycles. The highest BCUT2D eigenvalue weighted by molar-refractivity contribution is 5.96. The number of rotatable bonds is 1. The van der Waals surface area contributed by atoms with Crippen LogP contribution in [-0.2, 0) is 0 Å². The number of aromatic nitrogens is 4. The van der Waals surface area contributed by atoms with Crippen LogP contribution in [0.25, 0.3) is 5.78 Å². The number of hydrogen-bond donors (Lipinski definition) is 0. The number of Topliss-reactive ketones (excluding diaryl/α,β-unsaturated/α-hetero) is 1. The largest absolute Gasteiger partial charge is 0.294 e. The number of carbonyl (C=O) groups is 1. The van der Waals surface area contributed by atoms with E-state index in [4.69, 9.17) is 0 Å². The summed E-state index contributed by atoms with van der Waals surface area (Å²) in [5, 5.41) is 4.19. The van der Waals surface area contributed by atoms with E-state index in [2.05, 4.69) is 15.1 Å². The summed E-state index contributed by atoms with van der Waals surface area (Å²) in [5.41, 5.74) is 2.14. The summed E-state index contributed by atoms with van der Waals surface area (Å²) in [4.78, 5) is 19.8. The molecule has 0 aliphatic rings. The fourth-order valence-corrected chi connectivity index (χ4v) is 1.78. The van der Waals surface area contributed by atoms with Gasteiger partial charge in [0.25, 0.3) is 5.78 Å². The van der Waals surface area contributed by atoms with Crippen molar-refractivity contribution in [2.75, 3.05) is 0 Å². The summed E-state index contributed by atoms with van der Waals surface area (Å²) in [6.07, 6.45) is 0. The van der Waals surface area contributed by atoms with Crippen LogP contribution >= 0.6 is 0 Å². The lowest BCUT2D eigenvalue weighted by molar-refractivity contribution is 0.101. The summed E-state index contributed by atoms with van der Waals surface area (Å²) in [6, 6.07) is 0. The quantitative estimate of drug-likeness (QED) is 0.656. The fourth-order valence-electron chi connectivity index (χ4n) is 1.78. The normalized spacial score (nSPS) is 10.9. The van der Waals surface area contributed by atoms with Gasteiger partial charge in [0, 0.05) is 0 Å². The number of carbonyl (C=O) groups excluding carboxylic acids is 1. The van der Waals surface area contributed by atoms with Crippen LogP contribution in [0.3, 0.4) is 0 Å². The maximum atomic E-state index is 11.4. The average molecular weight is 204 g/mol. The molecule has 0 aliphatic carbocycles. The van der Waals surface area contributed by atoms with E-state index in [9.17, 15) is 4.79 Å². The lowest BCUT2D eigenvalue weighted by Crippen LogP contribution is -2.09. The van der Waals surface area contributed by atoms with Crippen LogP contribution in [0.4, 0.5) is 0 Å².